The van der Waals surface area contributed by atoms with Gasteiger partial charge in [-0.3, -0.25) is 4.68 Å². The molecule has 1 amide bonds. The first kappa shape index (κ1) is 19.5. The normalized spacial score (nSPS) is 14.6. The summed E-state index contributed by atoms with van der Waals surface area (Å²) in [7, 11) is 1.93. The number of ether oxygens (including phenoxy) is 1. The van der Waals surface area contributed by atoms with Crippen LogP contribution in [0.15, 0.2) is 12.3 Å². The molecule has 6 heteroatoms. The molecule has 0 aromatic carbocycles. The van der Waals surface area contributed by atoms with E-state index in [9.17, 15) is 4.79 Å². The maximum Gasteiger partial charge on any atom is 0.407 e. The minimum Gasteiger partial charge on any atom is -0.444 e. The molecule has 6 nitrogen and oxygen atoms in total. The summed E-state index contributed by atoms with van der Waals surface area (Å²) in [5.41, 5.74) is 0.410. The van der Waals surface area contributed by atoms with E-state index in [2.05, 4.69) is 36.5 Å². The predicted octanol–water partition coefficient (Wildman–Crippen LogP) is 2.84. The van der Waals surface area contributed by atoms with Crippen LogP contribution in [0.2, 0.25) is 0 Å². The highest BCUT2D eigenvalue weighted by atomic mass is 16.6. The number of aryl methyl sites for hydroxylation is 1. The van der Waals surface area contributed by atoms with Gasteiger partial charge in [0.25, 0.3) is 0 Å². The number of carbonyl (C=O) groups excluding carboxylic acids is 1. The molecule has 0 fully saturated rings. The standard InChI is InChI=1S/C17H32N4O2/c1-13(2)10-17(6,12-18-15(22)23-16(3,4)5)19-11-14-8-9-20-21(14)7/h8-9,13,19H,10-12H2,1-7H3,(H,18,22). The van der Waals surface area contributed by atoms with E-state index in [0.717, 1.165) is 12.1 Å². The molecule has 132 valence electrons. The fourth-order valence-corrected chi connectivity index (χ4v) is 2.57. The van der Waals surface area contributed by atoms with Crippen molar-refractivity contribution in [3.63, 3.8) is 0 Å². The molecule has 23 heavy (non-hydrogen) atoms. The van der Waals surface area contributed by atoms with E-state index < -0.39 is 5.60 Å². The molecule has 0 saturated carbocycles. The Labute approximate surface area is 140 Å². The van der Waals surface area contributed by atoms with Gasteiger partial charge >= 0.3 is 6.09 Å². The van der Waals surface area contributed by atoms with Crippen molar-refractivity contribution < 1.29 is 9.53 Å². The van der Waals surface area contributed by atoms with Crippen molar-refractivity contribution in [1.29, 1.82) is 0 Å². The Morgan fingerprint density at radius 2 is 2.00 bits per heavy atom. The number of rotatable bonds is 7. The second-order valence-electron chi connectivity index (χ2n) is 7.81. The van der Waals surface area contributed by atoms with Gasteiger partial charge in [-0.25, -0.2) is 4.79 Å². The highest BCUT2D eigenvalue weighted by Gasteiger charge is 2.27. The second-order valence-corrected chi connectivity index (χ2v) is 7.81. The smallest absolute Gasteiger partial charge is 0.407 e. The summed E-state index contributed by atoms with van der Waals surface area (Å²) < 4.78 is 7.17. The van der Waals surface area contributed by atoms with E-state index in [-0.39, 0.29) is 11.6 Å². The number of aromatic nitrogens is 2. The van der Waals surface area contributed by atoms with E-state index in [4.69, 9.17) is 4.74 Å². The summed E-state index contributed by atoms with van der Waals surface area (Å²) in [6.07, 6.45) is 2.35. The first-order valence-electron chi connectivity index (χ1n) is 8.19. The number of nitrogens with one attached hydrogen (secondary N) is 2. The quantitative estimate of drug-likeness (QED) is 0.809. The van der Waals surface area contributed by atoms with Crippen molar-refractivity contribution in [2.45, 2.75) is 65.6 Å². The molecule has 0 aliphatic heterocycles. The Kier molecular flexibility index (Phi) is 6.62. The third-order valence-electron chi connectivity index (χ3n) is 3.50. The van der Waals surface area contributed by atoms with Crippen molar-refractivity contribution in [2.75, 3.05) is 6.54 Å². The molecule has 1 aromatic heterocycles. The highest BCUT2D eigenvalue weighted by Crippen LogP contribution is 2.17. The Hall–Kier alpha value is -1.56. The maximum atomic E-state index is 11.9. The molecular weight excluding hydrogens is 292 g/mol. The minimum atomic E-state index is -0.485. The summed E-state index contributed by atoms with van der Waals surface area (Å²) in [6.45, 7) is 13.3. The molecule has 0 aliphatic carbocycles. The summed E-state index contributed by atoms with van der Waals surface area (Å²) in [5.74, 6) is 0.513. The molecular formula is C17H32N4O2. The fourth-order valence-electron chi connectivity index (χ4n) is 2.57. The molecule has 0 aliphatic rings. The van der Waals surface area contributed by atoms with Crippen LogP contribution in [-0.4, -0.2) is 33.6 Å². The number of hydrogen-bond donors (Lipinski definition) is 2. The van der Waals surface area contributed by atoms with Gasteiger partial charge in [0.15, 0.2) is 0 Å². The monoisotopic (exact) mass is 324 g/mol. The number of carbonyl (C=O) groups is 1. The van der Waals surface area contributed by atoms with E-state index in [0.29, 0.717) is 19.0 Å². The molecule has 1 atom stereocenters. The second kappa shape index (κ2) is 7.81. The van der Waals surface area contributed by atoms with Crippen LogP contribution < -0.4 is 10.6 Å². The Morgan fingerprint density at radius 1 is 1.35 bits per heavy atom. The third kappa shape index (κ3) is 7.50. The van der Waals surface area contributed by atoms with Gasteiger partial charge in [-0.1, -0.05) is 13.8 Å². The number of hydrogen-bond acceptors (Lipinski definition) is 4. The minimum absolute atomic E-state index is 0.213. The number of alkyl carbamates (subject to hydrolysis) is 1. The SMILES string of the molecule is CC(C)CC(C)(CNC(=O)OC(C)(C)C)NCc1ccnn1C. The largest absolute Gasteiger partial charge is 0.444 e. The molecule has 1 aromatic rings. The van der Waals surface area contributed by atoms with Crippen LogP contribution in [0.25, 0.3) is 0 Å². The topological polar surface area (TPSA) is 68.2 Å². The van der Waals surface area contributed by atoms with Crippen LogP contribution >= 0.6 is 0 Å². The molecule has 0 radical (unpaired) electrons. The molecule has 0 bridgehead atoms. The van der Waals surface area contributed by atoms with Gasteiger partial charge in [-0.05, 0) is 46.1 Å². The Morgan fingerprint density at radius 3 is 2.48 bits per heavy atom. The van der Waals surface area contributed by atoms with Crippen molar-refractivity contribution in [1.82, 2.24) is 20.4 Å². The van der Waals surface area contributed by atoms with Crippen molar-refractivity contribution in [3.05, 3.63) is 18.0 Å². The molecule has 1 rings (SSSR count). The number of nitrogens with zero attached hydrogens (tertiary/aromatic N) is 2. The van der Waals surface area contributed by atoms with Crippen LogP contribution in [0, 0.1) is 5.92 Å². The lowest BCUT2D eigenvalue weighted by Crippen LogP contribution is -2.52. The fraction of sp³-hybridized carbons (Fsp3) is 0.765. The van der Waals surface area contributed by atoms with E-state index >= 15 is 0 Å². The van der Waals surface area contributed by atoms with Crippen molar-refractivity contribution in [3.8, 4) is 0 Å². The van der Waals surface area contributed by atoms with Gasteiger partial charge in [-0.15, -0.1) is 0 Å². The van der Waals surface area contributed by atoms with E-state index in [1.165, 1.54) is 0 Å². The van der Waals surface area contributed by atoms with Gasteiger partial charge in [0.2, 0.25) is 0 Å². The van der Waals surface area contributed by atoms with Crippen LogP contribution in [0.1, 0.15) is 53.7 Å². The lowest BCUT2D eigenvalue weighted by atomic mass is 9.90. The van der Waals surface area contributed by atoms with Gasteiger partial charge in [0.1, 0.15) is 5.60 Å². The lowest BCUT2D eigenvalue weighted by Gasteiger charge is -2.33. The zero-order valence-corrected chi connectivity index (χ0v) is 15.6. The zero-order chi connectivity index (χ0) is 17.7. The van der Waals surface area contributed by atoms with Crippen LogP contribution in [-0.2, 0) is 18.3 Å². The average Bonchev–Trinajstić information content (AvgIpc) is 2.77. The molecule has 1 heterocycles. The zero-order valence-electron chi connectivity index (χ0n) is 15.6. The van der Waals surface area contributed by atoms with Gasteiger partial charge in [0, 0.05) is 31.9 Å². The molecule has 0 saturated heterocycles. The van der Waals surface area contributed by atoms with Crippen LogP contribution in [0.3, 0.4) is 0 Å². The van der Waals surface area contributed by atoms with Crippen LogP contribution in [0.5, 0.6) is 0 Å². The van der Waals surface area contributed by atoms with Crippen LogP contribution in [0.4, 0.5) is 4.79 Å². The van der Waals surface area contributed by atoms with E-state index in [1.54, 1.807) is 6.20 Å². The first-order chi connectivity index (χ1) is 10.5. The van der Waals surface area contributed by atoms with Gasteiger partial charge in [-0.2, -0.15) is 5.10 Å². The Balaban J connectivity index is 2.62. The average molecular weight is 324 g/mol. The molecule has 0 spiro atoms. The highest BCUT2D eigenvalue weighted by molar-refractivity contribution is 5.67. The molecule has 1 unspecified atom stereocenters. The summed E-state index contributed by atoms with van der Waals surface area (Å²) in [4.78, 5) is 11.9. The predicted molar refractivity (Wildman–Crippen MR) is 92.1 cm³/mol. The van der Waals surface area contributed by atoms with Crippen molar-refractivity contribution in [2.24, 2.45) is 13.0 Å². The summed E-state index contributed by atoms with van der Waals surface area (Å²) >= 11 is 0. The maximum absolute atomic E-state index is 11.9. The third-order valence-corrected chi connectivity index (χ3v) is 3.50. The first-order valence-corrected chi connectivity index (χ1v) is 8.19. The summed E-state index contributed by atoms with van der Waals surface area (Å²) in [5, 5.41) is 10.6. The molecule has 2 N–H and O–H groups in total. The Bertz CT molecular complexity index is 505. The summed E-state index contributed by atoms with van der Waals surface area (Å²) in [6, 6.07) is 1.99. The van der Waals surface area contributed by atoms with Gasteiger partial charge < -0.3 is 15.4 Å². The van der Waals surface area contributed by atoms with E-state index in [1.807, 2.05) is 38.6 Å². The lowest BCUT2D eigenvalue weighted by molar-refractivity contribution is 0.0507. The van der Waals surface area contributed by atoms with Gasteiger partial charge in [0.05, 0.1) is 5.69 Å². The number of amides is 1. The van der Waals surface area contributed by atoms with Crippen molar-refractivity contribution >= 4 is 6.09 Å².